The average Bonchev–Trinajstić information content (AvgIpc) is 3.27. The van der Waals surface area contributed by atoms with Gasteiger partial charge in [-0.1, -0.05) is 6.07 Å². The number of hydrogen-bond acceptors (Lipinski definition) is 6. The molecule has 0 aliphatic carbocycles. The van der Waals surface area contributed by atoms with Crippen molar-refractivity contribution in [1.82, 2.24) is 14.3 Å². The van der Waals surface area contributed by atoms with Crippen molar-refractivity contribution in [2.75, 3.05) is 32.9 Å². The molecule has 7 heteroatoms. The third-order valence-electron chi connectivity index (χ3n) is 4.43. The highest BCUT2D eigenvalue weighted by Gasteiger charge is 2.22. The fourth-order valence-electron chi connectivity index (χ4n) is 3.19. The maximum absolute atomic E-state index is 12.5. The average molecular weight is 371 g/mol. The third-order valence-corrected chi connectivity index (χ3v) is 5.27. The first-order valence-electron chi connectivity index (χ1n) is 8.78. The highest BCUT2D eigenvalue weighted by atomic mass is 32.1. The number of thiazole rings is 1. The Balaban J connectivity index is 1.69. The number of pyridine rings is 1. The highest BCUT2D eigenvalue weighted by molar-refractivity contribution is 7.09. The fraction of sp³-hybridized carbons (Fsp3) is 0.368. The second kappa shape index (κ2) is 7.57. The number of carbonyl (C=O) groups excluding carboxylic acids is 1. The first-order valence-corrected chi connectivity index (χ1v) is 9.66. The minimum Gasteiger partial charge on any atom is -0.462 e. The van der Waals surface area contributed by atoms with Crippen LogP contribution in [-0.2, 0) is 16.0 Å². The second-order valence-electron chi connectivity index (χ2n) is 6.14. The van der Waals surface area contributed by atoms with E-state index in [0.717, 1.165) is 54.8 Å². The van der Waals surface area contributed by atoms with Crippen molar-refractivity contribution in [1.29, 1.82) is 0 Å². The van der Waals surface area contributed by atoms with E-state index in [2.05, 4.69) is 4.90 Å². The van der Waals surface area contributed by atoms with E-state index in [1.54, 1.807) is 11.3 Å². The topological polar surface area (TPSA) is 56.1 Å². The first kappa shape index (κ1) is 17.2. The van der Waals surface area contributed by atoms with Crippen LogP contribution < -0.4 is 0 Å². The second-order valence-corrected chi connectivity index (χ2v) is 7.08. The molecule has 0 atom stereocenters. The zero-order valence-electron chi connectivity index (χ0n) is 14.7. The van der Waals surface area contributed by atoms with Gasteiger partial charge in [0.15, 0.2) is 0 Å². The van der Waals surface area contributed by atoms with Crippen LogP contribution in [0.1, 0.15) is 22.3 Å². The molecule has 0 bridgehead atoms. The van der Waals surface area contributed by atoms with E-state index in [9.17, 15) is 4.79 Å². The predicted octanol–water partition coefficient (Wildman–Crippen LogP) is 3.07. The Hall–Kier alpha value is -2.22. The smallest absolute Gasteiger partial charge is 0.340 e. The van der Waals surface area contributed by atoms with E-state index in [1.165, 1.54) is 0 Å². The van der Waals surface area contributed by atoms with E-state index < -0.39 is 0 Å². The molecule has 1 aliphatic heterocycles. The summed E-state index contributed by atoms with van der Waals surface area (Å²) in [5.74, 6) is -0.311. The van der Waals surface area contributed by atoms with Gasteiger partial charge in [0.2, 0.25) is 0 Å². The van der Waals surface area contributed by atoms with Crippen molar-refractivity contribution < 1.29 is 14.3 Å². The molecule has 1 aliphatic rings. The lowest BCUT2D eigenvalue weighted by molar-refractivity contribution is 0.0341. The minimum absolute atomic E-state index is 0.311. The summed E-state index contributed by atoms with van der Waals surface area (Å²) in [4.78, 5) is 19.6. The van der Waals surface area contributed by atoms with E-state index in [-0.39, 0.29) is 5.97 Å². The molecule has 3 aromatic rings. The van der Waals surface area contributed by atoms with Gasteiger partial charge in [-0.3, -0.25) is 4.90 Å². The molecule has 1 saturated heterocycles. The summed E-state index contributed by atoms with van der Waals surface area (Å²) in [5, 5.41) is 3.07. The van der Waals surface area contributed by atoms with Gasteiger partial charge in [0.1, 0.15) is 5.01 Å². The molecular weight excluding hydrogens is 350 g/mol. The third kappa shape index (κ3) is 3.38. The lowest BCUT2D eigenvalue weighted by Gasteiger charge is -2.25. The molecule has 0 saturated carbocycles. The van der Waals surface area contributed by atoms with Crippen molar-refractivity contribution in [3.8, 4) is 11.4 Å². The van der Waals surface area contributed by atoms with Gasteiger partial charge in [-0.2, -0.15) is 0 Å². The van der Waals surface area contributed by atoms with Gasteiger partial charge in [0.05, 0.1) is 43.3 Å². The fourth-order valence-corrected chi connectivity index (χ4v) is 4.01. The lowest BCUT2D eigenvalue weighted by Crippen LogP contribution is -2.35. The van der Waals surface area contributed by atoms with Crippen LogP contribution in [0.5, 0.6) is 0 Å². The lowest BCUT2D eigenvalue weighted by atomic mass is 10.2. The number of carbonyl (C=O) groups is 1. The van der Waals surface area contributed by atoms with Crippen molar-refractivity contribution >= 4 is 22.8 Å². The maximum Gasteiger partial charge on any atom is 0.340 e. The quantitative estimate of drug-likeness (QED) is 0.645. The van der Waals surface area contributed by atoms with Crippen LogP contribution in [0.3, 0.4) is 0 Å². The van der Waals surface area contributed by atoms with Crippen LogP contribution in [0.25, 0.3) is 16.9 Å². The molecule has 136 valence electrons. The monoisotopic (exact) mass is 371 g/mol. The Morgan fingerprint density at radius 1 is 1.35 bits per heavy atom. The zero-order chi connectivity index (χ0) is 17.9. The van der Waals surface area contributed by atoms with E-state index in [1.807, 2.05) is 47.2 Å². The molecule has 0 aromatic carbocycles. The number of esters is 1. The molecule has 1 fully saturated rings. The molecule has 4 heterocycles. The molecule has 0 spiro atoms. The number of ether oxygens (including phenoxy) is 2. The van der Waals surface area contributed by atoms with Crippen molar-refractivity contribution in [2.24, 2.45) is 0 Å². The molecule has 4 rings (SSSR count). The van der Waals surface area contributed by atoms with Crippen LogP contribution in [0, 0.1) is 0 Å². The predicted molar refractivity (Wildman–Crippen MR) is 101 cm³/mol. The zero-order valence-corrected chi connectivity index (χ0v) is 15.5. The summed E-state index contributed by atoms with van der Waals surface area (Å²) in [6.45, 7) is 6.38. The van der Waals surface area contributed by atoms with Crippen molar-refractivity contribution in [3.63, 3.8) is 0 Å². The summed E-state index contributed by atoms with van der Waals surface area (Å²) >= 11 is 1.62. The van der Waals surface area contributed by atoms with Crippen LogP contribution in [0.2, 0.25) is 0 Å². The van der Waals surface area contributed by atoms with Crippen LogP contribution >= 0.6 is 11.3 Å². The van der Waals surface area contributed by atoms with Gasteiger partial charge < -0.3 is 13.9 Å². The van der Waals surface area contributed by atoms with Crippen LogP contribution in [0.15, 0.2) is 35.8 Å². The molecule has 0 N–H and O–H groups in total. The first-order chi connectivity index (χ1) is 12.8. The molecule has 0 amide bonds. The SMILES string of the molecule is CCOC(=O)c1cc2ccccn2c1-c1csc(CN2CCOCC2)n1. The number of morpholine rings is 1. The summed E-state index contributed by atoms with van der Waals surface area (Å²) in [6, 6.07) is 7.76. The highest BCUT2D eigenvalue weighted by Crippen LogP contribution is 2.30. The van der Waals surface area contributed by atoms with Gasteiger partial charge in [-0.25, -0.2) is 9.78 Å². The molecule has 0 unspecified atom stereocenters. The van der Waals surface area contributed by atoms with Gasteiger partial charge in [-0.15, -0.1) is 11.3 Å². The van der Waals surface area contributed by atoms with Gasteiger partial charge in [0, 0.05) is 30.2 Å². The maximum atomic E-state index is 12.5. The number of hydrogen-bond donors (Lipinski definition) is 0. The van der Waals surface area contributed by atoms with E-state index >= 15 is 0 Å². The van der Waals surface area contributed by atoms with E-state index in [4.69, 9.17) is 14.5 Å². The Kier molecular flexibility index (Phi) is 5.01. The van der Waals surface area contributed by atoms with Crippen LogP contribution in [-0.4, -0.2) is 53.2 Å². The summed E-state index contributed by atoms with van der Waals surface area (Å²) < 4.78 is 12.7. The molecular formula is C19H21N3O3S. The normalized spacial score (nSPS) is 15.4. The van der Waals surface area contributed by atoms with Gasteiger partial charge in [0.25, 0.3) is 0 Å². The number of fused-ring (bicyclic) bond motifs is 1. The summed E-state index contributed by atoms with van der Waals surface area (Å²) in [5.41, 5.74) is 3.12. The Bertz CT molecular complexity index is 912. The molecule has 26 heavy (non-hydrogen) atoms. The van der Waals surface area contributed by atoms with Gasteiger partial charge in [-0.05, 0) is 25.1 Å². The molecule has 0 radical (unpaired) electrons. The van der Waals surface area contributed by atoms with Gasteiger partial charge >= 0.3 is 5.97 Å². The minimum atomic E-state index is -0.311. The largest absolute Gasteiger partial charge is 0.462 e. The summed E-state index contributed by atoms with van der Waals surface area (Å²) in [7, 11) is 0. The number of rotatable bonds is 5. The molecule has 6 nitrogen and oxygen atoms in total. The summed E-state index contributed by atoms with van der Waals surface area (Å²) in [6.07, 6.45) is 1.95. The Morgan fingerprint density at radius 2 is 2.19 bits per heavy atom. The Labute approximate surface area is 156 Å². The van der Waals surface area contributed by atoms with Crippen molar-refractivity contribution in [2.45, 2.75) is 13.5 Å². The van der Waals surface area contributed by atoms with Crippen molar-refractivity contribution in [3.05, 3.63) is 46.4 Å². The standard InChI is InChI=1S/C19H21N3O3S/c1-2-25-19(23)15-11-14-5-3-4-6-22(14)18(15)16-13-26-17(20-16)12-21-7-9-24-10-8-21/h3-6,11,13H,2,7-10,12H2,1H3. The number of nitrogens with zero attached hydrogens (tertiary/aromatic N) is 3. The van der Waals surface area contributed by atoms with Crippen LogP contribution in [0.4, 0.5) is 0 Å². The number of aromatic nitrogens is 2. The molecule has 3 aromatic heterocycles. The Morgan fingerprint density at radius 3 is 3.00 bits per heavy atom. The van der Waals surface area contributed by atoms with E-state index in [0.29, 0.717) is 12.2 Å².